The van der Waals surface area contributed by atoms with E-state index in [1.165, 1.54) is 4.90 Å². The van der Waals surface area contributed by atoms with Crippen molar-refractivity contribution in [3.8, 4) is 5.75 Å². The zero-order chi connectivity index (χ0) is 25.2. The first-order valence-electron chi connectivity index (χ1n) is 11.9. The van der Waals surface area contributed by atoms with E-state index in [2.05, 4.69) is 9.97 Å². The van der Waals surface area contributed by atoms with Gasteiger partial charge in [0, 0.05) is 34.4 Å². The SMILES string of the molecule is CC(C)COc1cccc(/C(O)=C2\C(=O)C(=O)N(Cc3ccccn3)C2c2c[nH]c3ccccc23)c1. The number of aromatic amines is 1. The highest BCUT2D eigenvalue weighted by atomic mass is 16.5. The van der Waals surface area contributed by atoms with Crippen LogP contribution in [0.5, 0.6) is 5.75 Å². The average molecular weight is 482 g/mol. The number of carbonyl (C=O) groups excluding carboxylic acids is 2. The highest BCUT2D eigenvalue weighted by Gasteiger charge is 2.47. The Bertz CT molecular complexity index is 1460. The molecule has 2 aromatic carbocycles. The minimum absolute atomic E-state index is 0.0432. The summed E-state index contributed by atoms with van der Waals surface area (Å²) in [6.07, 6.45) is 3.44. The Kier molecular flexibility index (Phi) is 6.29. The highest BCUT2D eigenvalue weighted by molar-refractivity contribution is 6.46. The predicted octanol–water partition coefficient (Wildman–Crippen LogP) is 5.22. The fraction of sp³-hybridized carbons (Fsp3) is 0.207. The van der Waals surface area contributed by atoms with Crippen LogP contribution in [0.2, 0.25) is 0 Å². The van der Waals surface area contributed by atoms with E-state index in [0.717, 1.165) is 16.5 Å². The second-order valence-corrected chi connectivity index (χ2v) is 9.27. The van der Waals surface area contributed by atoms with Crippen molar-refractivity contribution < 1.29 is 19.4 Å². The molecule has 2 N–H and O–H groups in total. The van der Waals surface area contributed by atoms with Crippen LogP contribution < -0.4 is 4.74 Å². The van der Waals surface area contributed by atoms with Gasteiger partial charge in [0.2, 0.25) is 0 Å². The summed E-state index contributed by atoms with van der Waals surface area (Å²) in [4.78, 5) is 35.8. The van der Waals surface area contributed by atoms with E-state index in [0.29, 0.717) is 29.5 Å². The molecule has 7 nitrogen and oxygen atoms in total. The Balaban J connectivity index is 1.64. The average Bonchev–Trinajstić information content (AvgIpc) is 3.42. The van der Waals surface area contributed by atoms with Gasteiger partial charge in [-0.1, -0.05) is 50.2 Å². The molecule has 7 heteroatoms. The lowest BCUT2D eigenvalue weighted by molar-refractivity contribution is -0.140. The van der Waals surface area contributed by atoms with Crippen LogP contribution in [0.4, 0.5) is 0 Å². The maximum absolute atomic E-state index is 13.4. The van der Waals surface area contributed by atoms with Crippen molar-refractivity contribution >= 4 is 28.4 Å². The number of aromatic nitrogens is 2. The monoisotopic (exact) mass is 481 g/mol. The van der Waals surface area contributed by atoms with E-state index >= 15 is 0 Å². The van der Waals surface area contributed by atoms with Crippen LogP contribution in [-0.4, -0.2) is 38.3 Å². The van der Waals surface area contributed by atoms with Crippen LogP contribution in [0.1, 0.15) is 36.7 Å². The molecule has 0 aliphatic carbocycles. The minimum Gasteiger partial charge on any atom is -0.507 e. The van der Waals surface area contributed by atoms with Gasteiger partial charge in [-0.05, 0) is 36.2 Å². The molecule has 1 aliphatic heterocycles. The summed E-state index contributed by atoms with van der Waals surface area (Å²) >= 11 is 0. The van der Waals surface area contributed by atoms with E-state index in [1.54, 1.807) is 48.8 Å². The van der Waals surface area contributed by atoms with Gasteiger partial charge in [0.15, 0.2) is 0 Å². The number of para-hydroxylation sites is 1. The van der Waals surface area contributed by atoms with Crippen molar-refractivity contribution in [1.29, 1.82) is 0 Å². The molecule has 0 radical (unpaired) electrons. The van der Waals surface area contributed by atoms with Crippen molar-refractivity contribution in [2.45, 2.75) is 26.4 Å². The first-order valence-corrected chi connectivity index (χ1v) is 11.9. The molecule has 3 heterocycles. The maximum atomic E-state index is 13.4. The van der Waals surface area contributed by atoms with E-state index in [-0.39, 0.29) is 17.9 Å². The van der Waals surface area contributed by atoms with Crippen molar-refractivity contribution in [1.82, 2.24) is 14.9 Å². The van der Waals surface area contributed by atoms with E-state index in [9.17, 15) is 14.7 Å². The topological polar surface area (TPSA) is 95.5 Å². The van der Waals surface area contributed by atoms with E-state index in [4.69, 9.17) is 4.74 Å². The van der Waals surface area contributed by atoms with Gasteiger partial charge >= 0.3 is 0 Å². The number of H-pyrrole nitrogens is 1. The Hall–Kier alpha value is -4.39. The molecule has 36 heavy (non-hydrogen) atoms. The number of benzene rings is 2. The van der Waals surface area contributed by atoms with Gasteiger partial charge in [-0.3, -0.25) is 14.6 Å². The smallest absolute Gasteiger partial charge is 0.296 e. The van der Waals surface area contributed by atoms with Crippen LogP contribution >= 0.6 is 0 Å². The molecule has 1 fully saturated rings. The summed E-state index contributed by atoms with van der Waals surface area (Å²) in [6.45, 7) is 4.75. The molecule has 1 amide bonds. The molecule has 0 spiro atoms. The fourth-order valence-corrected chi connectivity index (χ4v) is 4.50. The van der Waals surface area contributed by atoms with E-state index in [1.807, 2.05) is 44.2 Å². The number of amides is 1. The summed E-state index contributed by atoms with van der Waals surface area (Å²) in [5, 5.41) is 12.3. The molecule has 1 aliphatic rings. The highest BCUT2D eigenvalue weighted by Crippen LogP contribution is 2.42. The minimum atomic E-state index is -0.789. The molecule has 1 saturated heterocycles. The third kappa shape index (κ3) is 4.35. The van der Waals surface area contributed by atoms with Crippen molar-refractivity contribution in [3.05, 3.63) is 102 Å². The Morgan fingerprint density at radius 1 is 1.08 bits per heavy atom. The maximum Gasteiger partial charge on any atom is 0.296 e. The molecule has 182 valence electrons. The fourth-order valence-electron chi connectivity index (χ4n) is 4.50. The van der Waals surface area contributed by atoms with Crippen LogP contribution in [0, 0.1) is 5.92 Å². The van der Waals surface area contributed by atoms with Crippen molar-refractivity contribution in [3.63, 3.8) is 0 Å². The summed E-state index contributed by atoms with van der Waals surface area (Å²) in [7, 11) is 0. The largest absolute Gasteiger partial charge is 0.507 e. The zero-order valence-corrected chi connectivity index (χ0v) is 20.1. The zero-order valence-electron chi connectivity index (χ0n) is 20.1. The summed E-state index contributed by atoms with van der Waals surface area (Å²) in [5.74, 6) is -0.723. The van der Waals surface area contributed by atoms with Gasteiger partial charge in [0.1, 0.15) is 11.5 Å². The van der Waals surface area contributed by atoms with Gasteiger partial charge in [0.05, 0.1) is 30.5 Å². The normalized spacial score (nSPS) is 17.3. The van der Waals surface area contributed by atoms with Gasteiger partial charge in [-0.2, -0.15) is 0 Å². The number of likely N-dealkylation sites (tertiary alicyclic amines) is 1. The molecule has 4 aromatic rings. The number of ketones is 1. The van der Waals surface area contributed by atoms with Crippen molar-refractivity contribution in [2.75, 3.05) is 6.61 Å². The van der Waals surface area contributed by atoms with Crippen LogP contribution in [0.3, 0.4) is 0 Å². The number of aliphatic hydroxyl groups excluding tert-OH is 1. The quantitative estimate of drug-likeness (QED) is 0.214. The molecule has 1 unspecified atom stereocenters. The molecule has 5 rings (SSSR count). The summed E-state index contributed by atoms with van der Waals surface area (Å²) < 4.78 is 5.82. The van der Waals surface area contributed by atoms with Gasteiger partial charge in [0.25, 0.3) is 11.7 Å². The first-order chi connectivity index (χ1) is 17.4. The number of Topliss-reactive ketones (excluding diaryl/α,β-unsaturated/α-hetero) is 1. The Labute approximate surface area is 209 Å². The number of hydrogen-bond acceptors (Lipinski definition) is 5. The Morgan fingerprint density at radius 3 is 2.67 bits per heavy atom. The molecule has 2 aromatic heterocycles. The Morgan fingerprint density at radius 2 is 1.89 bits per heavy atom. The van der Waals surface area contributed by atoms with Crippen LogP contribution in [0.15, 0.2) is 84.7 Å². The number of rotatable bonds is 7. The van der Waals surface area contributed by atoms with Crippen molar-refractivity contribution in [2.24, 2.45) is 5.92 Å². The van der Waals surface area contributed by atoms with Gasteiger partial charge in [-0.25, -0.2) is 0 Å². The number of hydrogen-bond donors (Lipinski definition) is 2. The number of aliphatic hydroxyl groups is 1. The number of ether oxygens (including phenoxy) is 1. The number of nitrogens with one attached hydrogen (secondary N) is 1. The van der Waals surface area contributed by atoms with Gasteiger partial charge < -0.3 is 19.7 Å². The third-order valence-corrected chi connectivity index (χ3v) is 6.21. The van der Waals surface area contributed by atoms with Crippen LogP contribution in [-0.2, 0) is 16.1 Å². The number of nitrogens with zero attached hydrogens (tertiary/aromatic N) is 2. The lowest BCUT2D eigenvalue weighted by Gasteiger charge is -2.24. The lowest BCUT2D eigenvalue weighted by atomic mass is 9.95. The van der Waals surface area contributed by atoms with Crippen LogP contribution in [0.25, 0.3) is 16.7 Å². The number of pyridine rings is 1. The second kappa shape index (κ2) is 9.70. The third-order valence-electron chi connectivity index (χ3n) is 6.21. The molecule has 0 bridgehead atoms. The molecular formula is C29H27N3O4. The summed E-state index contributed by atoms with van der Waals surface area (Å²) in [6, 6.07) is 19.3. The second-order valence-electron chi connectivity index (χ2n) is 9.27. The lowest BCUT2D eigenvalue weighted by Crippen LogP contribution is -2.29. The predicted molar refractivity (Wildman–Crippen MR) is 137 cm³/mol. The standard InChI is InChI=1S/C29H27N3O4/c1-18(2)17-36-21-10-7-8-19(14-21)27(33)25-26(23-15-31-24-12-4-3-11-22(23)24)32(29(35)28(25)34)16-20-9-5-6-13-30-20/h3-15,18,26,31,33H,16-17H2,1-2H3/b27-25+. The molecule has 0 saturated carbocycles. The molecule has 1 atom stereocenters. The van der Waals surface area contributed by atoms with Gasteiger partial charge in [-0.15, -0.1) is 0 Å². The molecular weight excluding hydrogens is 454 g/mol. The first kappa shape index (κ1) is 23.4. The van der Waals surface area contributed by atoms with E-state index < -0.39 is 17.7 Å². The number of carbonyl (C=O) groups is 2. The summed E-state index contributed by atoms with van der Waals surface area (Å²) in [5.41, 5.74) is 2.71. The number of fused-ring (bicyclic) bond motifs is 1.